The number of aliphatic hydroxyl groups excluding tert-OH is 1. The summed E-state index contributed by atoms with van der Waals surface area (Å²) >= 11 is 0. The molecule has 1 fully saturated rings. The molecule has 2 unspecified atom stereocenters. The molecule has 0 aromatic carbocycles. The zero-order valence-electron chi connectivity index (χ0n) is 12.5. The quantitative estimate of drug-likeness (QED) is 0.859. The SMILES string of the molecule is CCNc1cc(S(=O)(=O)N(C)C2CCCCC2O)ccn1. The molecule has 1 aliphatic rings. The fraction of sp³-hybridized carbons (Fsp3) is 0.643. The Kier molecular flexibility index (Phi) is 5.18. The molecule has 118 valence electrons. The molecule has 1 saturated carbocycles. The number of hydrogen-bond donors (Lipinski definition) is 2. The van der Waals surface area contributed by atoms with Crippen LogP contribution in [-0.4, -0.2) is 48.6 Å². The number of aromatic nitrogens is 1. The third kappa shape index (κ3) is 3.53. The van der Waals surface area contributed by atoms with Gasteiger partial charge in [-0.2, -0.15) is 4.31 Å². The molecule has 2 rings (SSSR count). The van der Waals surface area contributed by atoms with E-state index in [4.69, 9.17) is 0 Å². The zero-order chi connectivity index (χ0) is 15.5. The van der Waals surface area contributed by atoms with Gasteiger partial charge >= 0.3 is 0 Å². The topological polar surface area (TPSA) is 82.5 Å². The van der Waals surface area contributed by atoms with Crippen molar-refractivity contribution in [3.05, 3.63) is 18.3 Å². The van der Waals surface area contributed by atoms with Gasteiger partial charge in [-0.1, -0.05) is 12.8 Å². The highest BCUT2D eigenvalue weighted by Gasteiger charge is 2.34. The van der Waals surface area contributed by atoms with Gasteiger partial charge in [0.1, 0.15) is 5.82 Å². The van der Waals surface area contributed by atoms with Crippen molar-refractivity contribution in [3.63, 3.8) is 0 Å². The van der Waals surface area contributed by atoms with Gasteiger partial charge in [0.05, 0.1) is 17.0 Å². The van der Waals surface area contributed by atoms with E-state index in [-0.39, 0.29) is 10.9 Å². The molecule has 2 N–H and O–H groups in total. The van der Waals surface area contributed by atoms with Crippen molar-refractivity contribution in [3.8, 4) is 0 Å². The van der Waals surface area contributed by atoms with E-state index in [9.17, 15) is 13.5 Å². The second-order valence-corrected chi connectivity index (χ2v) is 7.35. The molecule has 0 saturated heterocycles. The third-order valence-electron chi connectivity index (χ3n) is 3.93. The number of hydrogen-bond acceptors (Lipinski definition) is 5. The number of nitrogens with one attached hydrogen (secondary N) is 1. The number of nitrogens with zero attached hydrogens (tertiary/aromatic N) is 2. The summed E-state index contributed by atoms with van der Waals surface area (Å²) in [6, 6.07) is 2.67. The van der Waals surface area contributed by atoms with Crippen LogP contribution in [0.3, 0.4) is 0 Å². The Morgan fingerprint density at radius 1 is 1.43 bits per heavy atom. The van der Waals surface area contributed by atoms with E-state index in [0.29, 0.717) is 25.2 Å². The second kappa shape index (κ2) is 6.72. The molecule has 0 bridgehead atoms. The number of likely N-dealkylation sites (N-methyl/N-ethyl adjacent to an activating group) is 1. The van der Waals surface area contributed by atoms with E-state index in [1.807, 2.05) is 6.92 Å². The summed E-state index contributed by atoms with van der Waals surface area (Å²) in [7, 11) is -2.08. The van der Waals surface area contributed by atoms with Crippen LogP contribution >= 0.6 is 0 Å². The van der Waals surface area contributed by atoms with Crippen molar-refractivity contribution in [2.24, 2.45) is 0 Å². The molecule has 6 nitrogen and oxygen atoms in total. The van der Waals surface area contributed by atoms with E-state index in [2.05, 4.69) is 10.3 Å². The van der Waals surface area contributed by atoms with E-state index >= 15 is 0 Å². The molecule has 1 aromatic rings. The number of pyridine rings is 1. The maximum Gasteiger partial charge on any atom is 0.243 e. The third-order valence-corrected chi connectivity index (χ3v) is 5.81. The Balaban J connectivity index is 2.26. The largest absolute Gasteiger partial charge is 0.391 e. The summed E-state index contributed by atoms with van der Waals surface area (Å²) in [6.45, 7) is 2.60. The van der Waals surface area contributed by atoms with Gasteiger partial charge in [-0.3, -0.25) is 0 Å². The lowest BCUT2D eigenvalue weighted by Gasteiger charge is -2.34. The maximum atomic E-state index is 12.7. The van der Waals surface area contributed by atoms with E-state index in [1.54, 1.807) is 7.05 Å². The molecule has 1 heterocycles. The van der Waals surface area contributed by atoms with Crippen molar-refractivity contribution >= 4 is 15.8 Å². The molecule has 0 radical (unpaired) electrons. The summed E-state index contributed by atoms with van der Waals surface area (Å²) in [5.41, 5.74) is 0. The second-order valence-electron chi connectivity index (χ2n) is 5.35. The van der Waals surface area contributed by atoms with Gasteiger partial charge in [-0.15, -0.1) is 0 Å². The van der Waals surface area contributed by atoms with Gasteiger partial charge in [-0.05, 0) is 25.8 Å². The van der Waals surface area contributed by atoms with Crippen LogP contribution in [0.25, 0.3) is 0 Å². The van der Waals surface area contributed by atoms with Crippen molar-refractivity contribution in [1.82, 2.24) is 9.29 Å². The van der Waals surface area contributed by atoms with Crippen LogP contribution in [0.4, 0.5) is 5.82 Å². The molecule has 7 heteroatoms. The molecule has 2 atom stereocenters. The highest BCUT2D eigenvalue weighted by atomic mass is 32.2. The lowest BCUT2D eigenvalue weighted by Crippen LogP contribution is -2.46. The van der Waals surface area contributed by atoms with Crippen molar-refractivity contribution in [2.45, 2.75) is 49.6 Å². The summed E-state index contributed by atoms with van der Waals surface area (Å²) < 4.78 is 26.7. The first-order valence-electron chi connectivity index (χ1n) is 7.33. The highest BCUT2D eigenvalue weighted by molar-refractivity contribution is 7.89. The molecule has 0 aliphatic heterocycles. The van der Waals surface area contributed by atoms with Crippen LogP contribution in [0, 0.1) is 0 Å². The zero-order valence-corrected chi connectivity index (χ0v) is 13.3. The fourth-order valence-corrected chi connectivity index (χ4v) is 4.14. The van der Waals surface area contributed by atoms with E-state index < -0.39 is 16.1 Å². The van der Waals surface area contributed by atoms with Gasteiger partial charge in [0.25, 0.3) is 0 Å². The molecule has 0 spiro atoms. The van der Waals surface area contributed by atoms with Crippen molar-refractivity contribution < 1.29 is 13.5 Å². The molecule has 1 aliphatic carbocycles. The first kappa shape index (κ1) is 16.2. The number of sulfonamides is 1. The summed E-state index contributed by atoms with van der Waals surface area (Å²) in [4.78, 5) is 4.29. The summed E-state index contributed by atoms with van der Waals surface area (Å²) in [5, 5.41) is 13.1. The number of aliphatic hydroxyl groups is 1. The number of anilines is 1. The molecular weight excluding hydrogens is 290 g/mol. The Morgan fingerprint density at radius 3 is 2.81 bits per heavy atom. The monoisotopic (exact) mass is 313 g/mol. The smallest absolute Gasteiger partial charge is 0.243 e. The highest BCUT2D eigenvalue weighted by Crippen LogP contribution is 2.27. The fourth-order valence-electron chi connectivity index (χ4n) is 2.71. The molecule has 0 amide bonds. The Morgan fingerprint density at radius 2 is 2.14 bits per heavy atom. The predicted octanol–water partition coefficient (Wildman–Crippen LogP) is 1.44. The molecular formula is C14H23N3O3S. The maximum absolute atomic E-state index is 12.7. The average molecular weight is 313 g/mol. The molecule has 1 aromatic heterocycles. The lowest BCUT2D eigenvalue weighted by molar-refractivity contribution is 0.0638. The van der Waals surface area contributed by atoms with Gasteiger partial charge < -0.3 is 10.4 Å². The average Bonchev–Trinajstić information content (AvgIpc) is 2.48. The van der Waals surface area contributed by atoms with Crippen molar-refractivity contribution in [1.29, 1.82) is 0 Å². The minimum atomic E-state index is -3.62. The van der Waals surface area contributed by atoms with Crippen LogP contribution < -0.4 is 5.32 Å². The minimum absolute atomic E-state index is 0.203. The Bertz CT molecular complexity index is 577. The van der Waals surface area contributed by atoms with E-state index in [0.717, 1.165) is 12.8 Å². The van der Waals surface area contributed by atoms with Gasteiger partial charge in [-0.25, -0.2) is 13.4 Å². The Hall–Kier alpha value is -1.18. The summed E-state index contributed by atoms with van der Waals surface area (Å²) in [5.74, 6) is 0.538. The Labute approximate surface area is 126 Å². The van der Waals surface area contributed by atoms with Crippen LogP contribution in [0.15, 0.2) is 23.2 Å². The van der Waals surface area contributed by atoms with Crippen LogP contribution in [-0.2, 0) is 10.0 Å². The first-order chi connectivity index (χ1) is 9.96. The first-order valence-corrected chi connectivity index (χ1v) is 8.77. The molecule has 21 heavy (non-hydrogen) atoms. The standard InChI is InChI=1S/C14H23N3O3S/c1-3-15-14-10-11(8-9-16-14)21(19,20)17(2)12-6-4-5-7-13(12)18/h8-10,12-13,18H,3-7H2,1-2H3,(H,15,16). The van der Waals surface area contributed by atoms with Gasteiger partial charge in [0.2, 0.25) is 10.0 Å². The van der Waals surface area contributed by atoms with Crippen molar-refractivity contribution in [2.75, 3.05) is 18.9 Å². The van der Waals surface area contributed by atoms with E-state index in [1.165, 1.54) is 22.6 Å². The minimum Gasteiger partial charge on any atom is -0.391 e. The van der Waals surface area contributed by atoms with Crippen LogP contribution in [0.2, 0.25) is 0 Å². The number of rotatable bonds is 5. The van der Waals surface area contributed by atoms with Gasteiger partial charge in [0.15, 0.2) is 0 Å². The lowest BCUT2D eigenvalue weighted by atomic mass is 9.93. The van der Waals surface area contributed by atoms with Crippen LogP contribution in [0.1, 0.15) is 32.6 Å². The predicted molar refractivity (Wildman–Crippen MR) is 81.6 cm³/mol. The van der Waals surface area contributed by atoms with Gasteiger partial charge in [0, 0.05) is 25.9 Å². The summed E-state index contributed by atoms with van der Waals surface area (Å²) in [6.07, 6.45) is 4.14. The van der Waals surface area contributed by atoms with Crippen LogP contribution in [0.5, 0.6) is 0 Å². The normalized spacial score (nSPS) is 23.2.